The Morgan fingerprint density at radius 3 is 3.07 bits per heavy atom. The molecule has 0 spiro atoms. The largest absolute Gasteiger partial charge is 0.274 e. The van der Waals surface area contributed by atoms with Gasteiger partial charge in [-0.1, -0.05) is 12.1 Å². The molecule has 0 saturated carbocycles. The summed E-state index contributed by atoms with van der Waals surface area (Å²) in [5.74, 6) is 0. The number of hydrogen-bond donors (Lipinski definition) is 0. The molecule has 70 valence electrons. The molecule has 1 aromatic carbocycles. The van der Waals surface area contributed by atoms with Gasteiger partial charge in [-0.15, -0.1) is 0 Å². The first kappa shape index (κ1) is 7.74. The predicted octanol–water partition coefficient (Wildman–Crippen LogP) is 1.03. The van der Waals surface area contributed by atoms with Crippen molar-refractivity contribution in [1.29, 1.82) is 0 Å². The molecule has 1 heterocycles. The molecule has 14 heavy (non-hydrogen) atoms. The molecule has 0 amide bonds. The summed E-state index contributed by atoms with van der Waals surface area (Å²) in [5.41, 5.74) is 2.34. The fourth-order valence-electron chi connectivity index (χ4n) is 2.21. The van der Waals surface area contributed by atoms with Crippen molar-refractivity contribution in [2.24, 2.45) is 7.05 Å². The van der Waals surface area contributed by atoms with Gasteiger partial charge in [-0.05, 0) is 24.5 Å². The van der Waals surface area contributed by atoms with Crippen molar-refractivity contribution >= 4 is 10.8 Å². The van der Waals surface area contributed by atoms with Gasteiger partial charge in [0.05, 0.1) is 11.1 Å². The molecule has 0 saturated heterocycles. The quantitative estimate of drug-likeness (QED) is 0.616. The zero-order chi connectivity index (χ0) is 9.71. The van der Waals surface area contributed by atoms with Crippen molar-refractivity contribution < 1.29 is 0 Å². The van der Waals surface area contributed by atoms with E-state index in [1.165, 1.54) is 10.2 Å². The molecule has 0 bridgehead atoms. The second kappa shape index (κ2) is 2.44. The Morgan fingerprint density at radius 1 is 1.36 bits per heavy atom. The molecule has 1 aliphatic carbocycles. The molecule has 0 atom stereocenters. The number of aromatic nitrogens is 2. The third-order valence-corrected chi connectivity index (χ3v) is 2.87. The minimum Gasteiger partial charge on any atom is -0.267 e. The van der Waals surface area contributed by atoms with Gasteiger partial charge >= 0.3 is 0 Å². The maximum atomic E-state index is 11.8. The van der Waals surface area contributed by atoms with Crippen molar-refractivity contribution in [2.45, 2.75) is 12.8 Å². The van der Waals surface area contributed by atoms with Gasteiger partial charge < -0.3 is 0 Å². The Labute approximate surface area is 81.0 Å². The molecule has 3 rings (SSSR count). The van der Waals surface area contributed by atoms with E-state index in [4.69, 9.17) is 0 Å². The van der Waals surface area contributed by atoms with E-state index in [9.17, 15) is 4.79 Å². The van der Waals surface area contributed by atoms with E-state index < -0.39 is 0 Å². The highest BCUT2D eigenvalue weighted by atomic mass is 16.1. The highest BCUT2D eigenvalue weighted by molar-refractivity contribution is 5.88. The highest BCUT2D eigenvalue weighted by Crippen LogP contribution is 2.26. The molecule has 0 fully saturated rings. The molecule has 1 aromatic heterocycles. The fraction of sp³-hybridized carbons (Fsp3) is 0.273. The second-order valence-electron chi connectivity index (χ2n) is 3.72. The summed E-state index contributed by atoms with van der Waals surface area (Å²) in [4.78, 5) is 11.8. The summed E-state index contributed by atoms with van der Waals surface area (Å²) < 4.78 is 1.44. The molecule has 0 unspecified atom stereocenters. The molecular formula is C11H10N2O. The van der Waals surface area contributed by atoms with E-state index in [1.807, 2.05) is 12.1 Å². The van der Waals surface area contributed by atoms with Crippen LogP contribution in [-0.4, -0.2) is 9.78 Å². The summed E-state index contributed by atoms with van der Waals surface area (Å²) in [7, 11) is 1.71. The maximum absolute atomic E-state index is 11.8. The van der Waals surface area contributed by atoms with E-state index in [0.717, 1.165) is 29.3 Å². The van der Waals surface area contributed by atoms with Gasteiger partial charge in [-0.25, -0.2) is 4.68 Å². The maximum Gasteiger partial charge on any atom is 0.274 e. The second-order valence-corrected chi connectivity index (χ2v) is 3.72. The lowest BCUT2D eigenvalue weighted by Crippen LogP contribution is -2.20. The van der Waals surface area contributed by atoms with Gasteiger partial charge in [0.1, 0.15) is 0 Å². The molecular weight excluding hydrogens is 176 g/mol. The molecule has 1 aliphatic rings. The van der Waals surface area contributed by atoms with Crippen molar-refractivity contribution in [3.05, 3.63) is 39.8 Å². The molecule has 3 nitrogen and oxygen atoms in total. The number of nitrogens with zero attached hydrogens (tertiary/aromatic N) is 2. The third-order valence-electron chi connectivity index (χ3n) is 2.87. The summed E-state index contributed by atoms with van der Waals surface area (Å²) in [5, 5.41) is 6.18. The minimum atomic E-state index is 0.00694. The van der Waals surface area contributed by atoms with Gasteiger partial charge in [0, 0.05) is 12.4 Å². The highest BCUT2D eigenvalue weighted by Gasteiger charge is 2.17. The number of rotatable bonds is 0. The van der Waals surface area contributed by atoms with Crippen LogP contribution in [0, 0.1) is 0 Å². The van der Waals surface area contributed by atoms with Crippen molar-refractivity contribution in [1.82, 2.24) is 9.78 Å². The van der Waals surface area contributed by atoms with Gasteiger partial charge in [-0.3, -0.25) is 4.79 Å². The molecule has 0 N–H and O–H groups in total. The minimum absolute atomic E-state index is 0.00694. The average molecular weight is 186 g/mol. The van der Waals surface area contributed by atoms with Crippen LogP contribution in [0.15, 0.2) is 23.0 Å². The monoisotopic (exact) mass is 186 g/mol. The molecule has 0 radical (unpaired) electrons. The van der Waals surface area contributed by atoms with Crippen LogP contribution in [0.2, 0.25) is 0 Å². The van der Waals surface area contributed by atoms with Crippen LogP contribution in [-0.2, 0) is 19.9 Å². The number of aryl methyl sites for hydroxylation is 3. The van der Waals surface area contributed by atoms with Crippen LogP contribution >= 0.6 is 0 Å². The zero-order valence-corrected chi connectivity index (χ0v) is 7.95. The normalized spacial score (nSPS) is 13.8. The van der Waals surface area contributed by atoms with Crippen LogP contribution in [0.5, 0.6) is 0 Å². The smallest absolute Gasteiger partial charge is 0.267 e. The summed E-state index contributed by atoms with van der Waals surface area (Å²) in [6, 6.07) is 5.92. The SMILES string of the molecule is Cn1nc2c3c(cccc3c1=O)CC2. The Bertz CT molecular complexity index is 584. The first-order valence-electron chi connectivity index (χ1n) is 4.75. The van der Waals surface area contributed by atoms with Gasteiger partial charge in [0.2, 0.25) is 0 Å². The standard InChI is InChI=1S/C11H10N2O/c1-13-11(14)8-4-2-3-7-5-6-9(12-13)10(7)8/h2-4H,5-6H2,1H3. The van der Waals surface area contributed by atoms with E-state index in [2.05, 4.69) is 11.2 Å². The van der Waals surface area contributed by atoms with Gasteiger partial charge in [0.15, 0.2) is 0 Å². The van der Waals surface area contributed by atoms with Crippen molar-refractivity contribution in [3.63, 3.8) is 0 Å². The fourth-order valence-corrected chi connectivity index (χ4v) is 2.21. The number of hydrogen-bond acceptors (Lipinski definition) is 2. The van der Waals surface area contributed by atoms with Crippen LogP contribution < -0.4 is 5.56 Å². The van der Waals surface area contributed by atoms with E-state index in [0.29, 0.717) is 0 Å². The van der Waals surface area contributed by atoms with E-state index in [-0.39, 0.29) is 5.56 Å². The lowest BCUT2D eigenvalue weighted by Gasteiger charge is -2.02. The van der Waals surface area contributed by atoms with Gasteiger partial charge in [-0.2, -0.15) is 5.10 Å². The van der Waals surface area contributed by atoms with Crippen LogP contribution in [0.25, 0.3) is 10.8 Å². The summed E-state index contributed by atoms with van der Waals surface area (Å²) in [6.45, 7) is 0. The summed E-state index contributed by atoms with van der Waals surface area (Å²) >= 11 is 0. The topological polar surface area (TPSA) is 34.9 Å². The van der Waals surface area contributed by atoms with Gasteiger partial charge in [0.25, 0.3) is 5.56 Å². The lowest BCUT2D eigenvalue weighted by atomic mass is 10.1. The average Bonchev–Trinajstić information content (AvgIpc) is 2.59. The van der Waals surface area contributed by atoms with Crippen LogP contribution in [0.1, 0.15) is 11.3 Å². The summed E-state index contributed by atoms with van der Waals surface area (Å²) in [6.07, 6.45) is 1.98. The van der Waals surface area contributed by atoms with E-state index in [1.54, 1.807) is 7.05 Å². The number of benzene rings is 1. The third kappa shape index (κ3) is 0.816. The zero-order valence-electron chi connectivity index (χ0n) is 7.95. The first-order chi connectivity index (χ1) is 6.77. The first-order valence-corrected chi connectivity index (χ1v) is 4.75. The Balaban J connectivity index is 2.64. The molecule has 0 aliphatic heterocycles. The lowest BCUT2D eigenvalue weighted by molar-refractivity contribution is 0.694. The van der Waals surface area contributed by atoms with E-state index >= 15 is 0 Å². The molecule has 2 aromatic rings. The van der Waals surface area contributed by atoms with Crippen LogP contribution in [0.3, 0.4) is 0 Å². The molecule has 3 heteroatoms. The Kier molecular flexibility index (Phi) is 1.35. The van der Waals surface area contributed by atoms with Crippen molar-refractivity contribution in [2.75, 3.05) is 0 Å². The predicted molar refractivity (Wildman–Crippen MR) is 54.4 cm³/mol. The van der Waals surface area contributed by atoms with Crippen molar-refractivity contribution in [3.8, 4) is 0 Å². The Morgan fingerprint density at radius 2 is 2.21 bits per heavy atom. The Hall–Kier alpha value is -1.64. The van der Waals surface area contributed by atoms with Crippen LogP contribution in [0.4, 0.5) is 0 Å².